The van der Waals surface area contributed by atoms with Gasteiger partial charge in [-0.1, -0.05) is 13.8 Å². The maximum atomic E-state index is 10.3. The molecule has 1 aromatic heterocycles. The Morgan fingerprint density at radius 1 is 0.577 bits per heavy atom. The third-order valence-corrected chi connectivity index (χ3v) is 7.92. The first-order chi connectivity index (χ1) is 24.4. The van der Waals surface area contributed by atoms with Gasteiger partial charge in [-0.05, 0) is 93.7 Å². The molecular formula is C36H39N2O12PS. The lowest BCUT2D eigenvalue weighted by Gasteiger charge is -2.20. The second-order valence-electron chi connectivity index (χ2n) is 10.4. The van der Waals surface area contributed by atoms with Crippen LogP contribution in [0.3, 0.4) is 0 Å². The zero-order chi connectivity index (χ0) is 39.3. The fourth-order valence-electron chi connectivity index (χ4n) is 3.29. The molecule has 16 heteroatoms. The molecule has 52 heavy (non-hydrogen) atoms. The van der Waals surface area contributed by atoms with E-state index in [1.165, 1.54) is 72.9 Å². The van der Waals surface area contributed by atoms with E-state index in [-0.39, 0.29) is 57.9 Å². The summed E-state index contributed by atoms with van der Waals surface area (Å²) < 4.78 is 16.6. The van der Waals surface area contributed by atoms with Gasteiger partial charge in [0.1, 0.15) is 23.1 Å². The monoisotopic (exact) mass is 754 g/mol. The first-order valence-corrected chi connectivity index (χ1v) is 18.0. The minimum atomic E-state index is -2.77. The molecule has 0 aliphatic heterocycles. The summed E-state index contributed by atoms with van der Waals surface area (Å²) in [7, 11) is 0. The molecule has 0 atom stereocenters. The first kappa shape index (κ1) is 44.6. The van der Waals surface area contributed by atoms with Gasteiger partial charge < -0.3 is 19.8 Å². The van der Waals surface area contributed by atoms with Gasteiger partial charge >= 0.3 is 6.72 Å². The number of aromatic nitrogens is 2. The molecule has 3 N–H and O–H groups in total. The lowest BCUT2D eigenvalue weighted by Crippen LogP contribution is -2.06. The number of rotatable bonds is 7. The van der Waals surface area contributed by atoms with Crippen LogP contribution in [0, 0.1) is 6.92 Å². The summed E-state index contributed by atoms with van der Waals surface area (Å²) in [5.41, 5.74) is 0.836. The van der Waals surface area contributed by atoms with Crippen molar-refractivity contribution in [1.29, 1.82) is 0 Å². The van der Waals surface area contributed by atoms with Gasteiger partial charge in [-0.2, -0.15) is 4.98 Å². The van der Waals surface area contributed by atoms with E-state index in [1.807, 2.05) is 34.6 Å². The molecule has 1 aromatic carbocycles. The quantitative estimate of drug-likeness (QED) is 0.246. The van der Waals surface area contributed by atoms with Crippen LogP contribution in [0.1, 0.15) is 45.1 Å². The summed E-state index contributed by atoms with van der Waals surface area (Å²) in [5, 5.41) is 26.0. The highest BCUT2D eigenvalue weighted by Crippen LogP contribution is 2.49. The number of phenols is 3. The second kappa shape index (κ2) is 23.1. The largest absolute Gasteiger partial charge is 0.508 e. The molecule has 1 heterocycles. The molecule has 0 amide bonds. The van der Waals surface area contributed by atoms with E-state index in [9.17, 15) is 28.8 Å². The summed E-state index contributed by atoms with van der Waals surface area (Å²) in [6, 6.07) is 5.16. The fourth-order valence-corrected chi connectivity index (χ4v) is 5.28. The average Bonchev–Trinajstić information content (AvgIpc) is 3.06. The first-order valence-electron chi connectivity index (χ1n) is 15.4. The Kier molecular flexibility index (Phi) is 19.8. The van der Waals surface area contributed by atoms with Crippen LogP contribution in [0.4, 0.5) is 0 Å². The predicted octanol–water partition coefficient (Wildman–Crippen LogP) is 5.14. The van der Waals surface area contributed by atoms with Gasteiger partial charge in [0.2, 0.25) is 5.88 Å². The van der Waals surface area contributed by atoms with Crippen LogP contribution in [0.2, 0.25) is 0 Å². The molecule has 276 valence electrons. The SMILES string of the molecule is CCOP(=S)(OCC)Oc1cc(C)nc(C(C)C)n1.O=C1C=CC(=O)C=C1.O=C1C=CC(=O)C=C1.O=C1C=CC(=O)C=C1.Oc1cc(O)cc(O)c1. The van der Waals surface area contributed by atoms with E-state index >= 15 is 0 Å². The zero-order valence-electron chi connectivity index (χ0n) is 29.0. The number of benzene rings is 1. The molecular weight excluding hydrogens is 715 g/mol. The molecule has 0 fully saturated rings. The molecule has 14 nitrogen and oxygen atoms in total. The van der Waals surface area contributed by atoms with Gasteiger partial charge in [0.25, 0.3) is 0 Å². The summed E-state index contributed by atoms with van der Waals surface area (Å²) in [4.78, 5) is 70.4. The van der Waals surface area contributed by atoms with Crippen molar-refractivity contribution in [2.45, 2.75) is 40.5 Å². The molecule has 0 bridgehead atoms. The van der Waals surface area contributed by atoms with Crippen molar-refractivity contribution in [1.82, 2.24) is 9.97 Å². The van der Waals surface area contributed by atoms with Gasteiger partial charge in [-0.25, -0.2) is 4.98 Å². The van der Waals surface area contributed by atoms with Crippen molar-refractivity contribution in [2.24, 2.45) is 0 Å². The number of hydrogen-bond donors (Lipinski definition) is 3. The van der Waals surface area contributed by atoms with Gasteiger partial charge in [0, 0.05) is 47.7 Å². The number of phenolic OH excluding ortho intramolecular Hbond substituents is 3. The number of aryl methyl sites for hydroxylation is 1. The highest BCUT2D eigenvalue weighted by Gasteiger charge is 2.22. The number of ketones is 6. The number of allylic oxidation sites excluding steroid dienone is 12. The topological polar surface area (TPSA) is 217 Å². The van der Waals surface area contributed by atoms with E-state index in [0.29, 0.717) is 19.1 Å². The van der Waals surface area contributed by atoms with Crippen LogP contribution in [-0.2, 0) is 49.6 Å². The van der Waals surface area contributed by atoms with Crippen LogP contribution in [0.25, 0.3) is 0 Å². The predicted molar refractivity (Wildman–Crippen MR) is 195 cm³/mol. The molecule has 5 rings (SSSR count). The maximum Gasteiger partial charge on any atom is 0.381 e. The van der Waals surface area contributed by atoms with Crippen molar-refractivity contribution >= 4 is 53.2 Å². The average molecular weight is 755 g/mol. The second-order valence-corrected chi connectivity index (χ2v) is 13.3. The van der Waals surface area contributed by atoms with Gasteiger partial charge in [-0.15, -0.1) is 0 Å². The summed E-state index contributed by atoms with van der Waals surface area (Å²) >= 11 is 5.32. The van der Waals surface area contributed by atoms with Crippen LogP contribution in [0.5, 0.6) is 23.1 Å². The highest BCUT2D eigenvalue weighted by atomic mass is 32.5. The standard InChI is InChI=1S/C12H21N2O3PS.C6H6O3.3C6H4O2/c1-6-15-18(19,16-7-2)17-11-8-10(5)13-12(14-11)9(3)4;7-4-1-5(8)3-6(9)2-4;3*7-5-1-2-6(8)4-3-5/h8-9H,6-7H2,1-5H3;1-3,7-9H;3*1-4H. The number of carbonyl (C=O) groups excluding carboxylic acids is 6. The van der Waals surface area contributed by atoms with Crippen molar-refractivity contribution < 1.29 is 57.7 Å². The van der Waals surface area contributed by atoms with Gasteiger partial charge in [0.05, 0.1) is 13.2 Å². The molecule has 0 saturated heterocycles. The Labute approximate surface area is 305 Å². The minimum absolute atomic E-state index is 0.121. The molecule has 3 aliphatic rings. The third kappa shape index (κ3) is 19.6. The third-order valence-electron chi connectivity index (χ3n) is 5.50. The van der Waals surface area contributed by atoms with E-state index in [0.717, 1.165) is 29.7 Å². The molecule has 3 aliphatic carbocycles. The Morgan fingerprint density at radius 3 is 1.12 bits per heavy atom. The maximum absolute atomic E-state index is 10.3. The molecule has 0 saturated carbocycles. The number of carbonyl (C=O) groups is 6. The Bertz CT molecular complexity index is 1580. The van der Waals surface area contributed by atoms with E-state index < -0.39 is 6.72 Å². The molecule has 2 aromatic rings. The van der Waals surface area contributed by atoms with Crippen molar-refractivity contribution in [3.8, 4) is 23.1 Å². The Balaban J connectivity index is 0.000000346. The molecule has 0 spiro atoms. The van der Waals surface area contributed by atoms with E-state index in [2.05, 4.69) is 9.97 Å². The van der Waals surface area contributed by atoms with Crippen molar-refractivity contribution in [2.75, 3.05) is 13.2 Å². The van der Waals surface area contributed by atoms with Crippen molar-refractivity contribution in [3.05, 3.63) is 109 Å². The normalized spacial score (nSPS) is 14.0. The number of aromatic hydroxyl groups is 3. The summed E-state index contributed by atoms with van der Waals surface area (Å²) in [6.07, 6.45) is 15.0. The Morgan fingerprint density at radius 2 is 0.865 bits per heavy atom. The lowest BCUT2D eigenvalue weighted by atomic mass is 10.2. The van der Waals surface area contributed by atoms with Crippen LogP contribution in [0.15, 0.2) is 97.2 Å². The van der Waals surface area contributed by atoms with Crippen molar-refractivity contribution in [3.63, 3.8) is 0 Å². The molecule has 0 radical (unpaired) electrons. The fraction of sp³-hybridized carbons (Fsp3) is 0.222. The highest BCUT2D eigenvalue weighted by molar-refractivity contribution is 8.07. The van der Waals surface area contributed by atoms with Crippen LogP contribution in [-0.4, -0.2) is 73.2 Å². The number of hydrogen-bond acceptors (Lipinski definition) is 15. The smallest absolute Gasteiger partial charge is 0.381 e. The van der Waals surface area contributed by atoms with Crippen LogP contribution >= 0.6 is 6.72 Å². The van der Waals surface area contributed by atoms with E-state index in [1.54, 1.807) is 6.07 Å². The van der Waals surface area contributed by atoms with Crippen LogP contribution < -0.4 is 4.52 Å². The lowest BCUT2D eigenvalue weighted by molar-refractivity contribution is -0.113. The summed E-state index contributed by atoms with van der Waals surface area (Å²) in [5.74, 6) is 0.204. The minimum Gasteiger partial charge on any atom is -0.508 e. The van der Waals surface area contributed by atoms with Gasteiger partial charge in [-0.3, -0.25) is 37.8 Å². The molecule has 0 unspecified atom stereocenters. The Hall–Kier alpha value is -5.47. The van der Waals surface area contributed by atoms with E-state index in [4.69, 9.17) is 40.7 Å². The zero-order valence-corrected chi connectivity index (χ0v) is 30.7. The number of nitrogens with zero attached hydrogens (tertiary/aromatic N) is 2. The van der Waals surface area contributed by atoms with Gasteiger partial charge in [0.15, 0.2) is 34.7 Å². The summed E-state index contributed by atoms with van der Waals surface area (Å²) in [6.45, 7) is 7.78.